The van der Waals surface area contributed by atoms with Crippen LogP contribution in [0.4, 0.5) is 0 Å². The van der Waals surface area contributed by atoms with Gasteiger partial charge in [-0.1, -0.05) is 46.1 Å². The zero-order valence-corrected chi connectivity index (χ0v) is 14.5. The van der Waals surface area contributed by atoms with Gasteiger partial charge in [0.2, 0.25) is 0 Å². The van der Waals surface area contributed by atoms with Crippen LogP contribution in [0.5, 0.6) is 5.06 Å². The lowest BCUT2D eigenvalue weighted by molar-refractivity contribution is 0.0584. The smallest absolute Gasteiger partial charge is 0.196 e. The predicted octanol–water partition coefficient (Wildman–Crippen LogP) is 5.40. The molecule has 1 aromatic rings. The van der Waals surface area contributed by atoms with E-state index >= 15 is 0 Å². The van der Waals surface area contributed by atoms with Gasteiger partial charge in [-0.05, 0) is 27.7 Å². The number of rotatable bonds is 2. The Hall–Kier alpha value is 0.330. The minimum absolute atomic E-state index is 0.0315. The van der Waals surface area contributed by atoms with E-state index in [2.05, 4.69) is 33.0 Å². The molecular formula is C13H18Cl3NOS. The summed E-state index contributed by atoms with van der Waals surface area (Å²) in [5.74, 6) is 0. The minimum Gasteiger partial charge on any atom is -0.479 e. The van der Waals surface area contributed by atoms with E-state index in [0.29, 0.717) is 19.4 Å². The van der Waals surface area contributed by atoms with Gasteiger partial charge in [0, 0.05) is 23.9 Å². The van der Waals surface area contributed by atoms with Crippen LogP contribution in [0.25, 0.3) is 0 Å². The molecular weight excluding hydrogens is 325 g/mol. The summed E-state index contributed by atoms with van der Waals surface area (Å²) in [6, 6.07) is 0. The lowest BCUT2D eigenvalue weighted by Gasteiger charge is -2.46. The molecule has 0 spiro atoms. The summed E-state index contributed by atoms with van der Waals surface area (Å²) in [7, 11) is 0. The van der Waals surface area contributed by atoms with Crippen molar-refractivity contribution in [1.82, 2.24) is 5.32 Å². The van der Waals surface area contributed by atoms with Crippen molar-refractivity contribution >= 4 is 46.1 Å². The summed E-state index contributed by atoms with van der Waals surface area (Å²) >= 11 is 19.4. The molecule has 108 valence electrons. The average molecular weight is 343 g/mol. The molecule has 0 amide bonds. The van der Waals surface area contributed by atoms with Gasteiger partial charge in [0.25, 0.3) is 0 Å². The third-order valence-electron chi connectivity index (χ3n) is 3.15. The van der Waals surface area contributed by atoms with E-state index in [4.69, 9.17) is 39.5 Å². The molecule has 0 saturated carbocycles. The van der Waals surface area contributed by atoms with Crippen LogP contribution < -0.4 is 10.1 Å². The van der Waals surface area contributed by atoms with Crippen molar-refractivity contribution in [2.75, 3.05) is 0 Å². The summed E-state index contributed by atoms with van der Waals surface area (Å²) in [4.78, 5) is 0. The van der Waals surface area contributed by atoms with E-state index in [-0.39, 0.29) is 17.2 Å². The van der Waals surface area contributed by atoms with Crippen molar-refractivity contribution in [3.63, 3.8) is 0 Å². The highest BCUT2D eigenvalue weighted by Crippen LogP contribution is 2.47. The van der Waals surface area contributed by atoms with Crippen LogP contribution in [-0.4, -0.2) is 17.2 Å². The summed E-state index contributed by atoms with van der Waals surface area (Å²) < 4.78 is 6.52. The first kappa shape index (κ1) is 15.7. The first-order valence-electron chi connectivity index (χ1n) is 6.19. The van der Waals surface area contributed by atoms with E-state index in [0.717, 1.165) is 12.8 Å². The van der Waals surface area contributed by atoms with Gasteiger partial charge < -0.3 is 10.1 Å². The van der Waals surface area contributed by atoms with Crippen molar-refractivity contribution < 1.29 is 4.74 Å². The molecule has 2 heterocycles. The fourth-order valence-corrected chi connectivity index (χ4v) is 4.54. The van der Waals surface area contributed by atoms with E-state index in [1.54, 1.807) is 0 Å². The third-order valence-corrected chi connectivity index (χ3v) is 5.60. The Kier molecular flexibility index (Phi) is 4.36. The molecule has 0 unspecified atom stereocenters. The van der Waals surface area contributed by atoms with Crippen molar-refractivity contribution in [2.24, 2.45) is 0 Å². The molecule has 1 saturated heterocycles. The molecule has 19 heavy (non-hydrogen) atoms. The second-order valence-electron chi connectivity index (χ2n) is 6.33. The van der Waals surface area contributed by atoms with Gasteiger partial charge in [-0.2, -0.15) is 0 Å². The molecule has 2 nitrogen and oxygen atoms in total. The molecule has 1 fully saturated rings. The zero-order valence-electron chi connectivity index (χ0n) is 11.4. The summed E-state index contributed by atoms with van der Waals surface area (Å²) in [6.07, 6.45) is 1.94. The zero-order chi connectivity index (χ0) is 14.4. The monoisotopic (exact) mass is 341 g/mol. The molecule has 0 atom stereocenters. The number of thiophene rings is 1. The maximum atomic E-state index is 6.13. The number of piperidine rings is 1. The molecule has 6 heteroatoms. The molecule has 1 aliphatic heterocycles. The number of hydrogen-bond donors (Lipinski definition) is 1. The van der Waals surface area contributed by atoms with Crippen LogP contribution in [0, 0.1) is 0 Å². The van der Waals surface area contributed by atoms with Gasteiger partial charge in [0.05, 0.1) is 5.02 Å². The predicted molar refractivity (Wildman–Crippen MR) is 84.3 cm³/mol. The second kappa shape index (κ2) is 5.27. The van der Waals surface area contributed by atoms with Gasteiger partial charge in [0.15, 0.2) is 5.06 Å². The van der Waals surface area contributed by atoms with Gasteiger partial charge >= 0.3 is 0 Å². The number of halogens is 3. The lowest BCUT2D eigenvalue weighted by Crippen LogP contribution is -2.60. The van der Waals surface area contributed by atoms with Crippen LogP contribution in [0.1, 0.15) is 40.5 Å². The summed E-state index contributed by atoms with van der Waals surface area (Å²) in [5.41, 5.74) is 0.0630. The van der Waals surface area contributed by atoms with Gasteiger partial charge in [-0.3, -0.25) is 0 Å². The van der Waals surface area contributed by atoms with E-state index in [9.17, 15) is 0 Å². The average Bonchev–Trinajstić information content (AvgIpc) is 2.41. The summed E-state index contributed by atoms with van der Waals surface area (Å²) in [6.45, 7) is 8.72. The Labute approximate surface area is 133 Å². The van der Waals surface area contributed by atoms with Gasteiger partial charge in [0.1, 0.15) is 15.5 Å². The maximum Gasteiger partial charge on any atom is 0.196 e. The Balaban J connectivity index is 2.16. The fourth-order valence-electron chi connectivity index (χ4n) is 2.89. The fraction of sp³-hybridized carbons (Fsp3) is 0.692. The topological polar surface area (TPSA) is 21.3 Å². The lowest BCUT2D eigenvalue weighted by atomic mass is 9.81. The molecule has 0 radical (unpaired) electrons. The van der Waals surface area contributed by atoms with Crippen molar-refractivity contribution in [3.05, 3.63) is 14.4 Å². The summed E-state index contributed by atoms with van der Waals surface area (Å²) in [5, 5.41) is 5.04. The maximum absolute atomic E-state index is 6.13. The second-order valence-corrected chi connectivity index (χ2v) is 8.67. The van der Waals surface area contributed by atoms with Crippen LogP contribution in [-0.2, 0) is 0 Å². The number of ether oxygens (including phenoxy) is 1. The van der Waals surface area contributed by atoms with Crippen molar-refractivity contribution in [1.29, 1.82) is 0 Å². The molecule has 1 aliphatic rings. The third kappa shape index (κ3) is 3.70. The van der Waals surface area contributed by atoms with Crippen LogP contribution in [0.15, 0.2) is 0 Å². The Morgan fingerprint density at radius 2 is 1.58 bits per heavy atom. The first-order chi connectivity index (χ1) is 8.60. The molecule has 1 aromatic heterocycles. The van der Waals surface area contributed by atoms with Crippen molar-refractivity contribution in [2.45, 2.75) is 57.7 Å². The highest BCUT2D eigenvalue weighted by Gasteiger charge is 2.39. The van der Waals surface area contributed by atoms with E-state index < -0.39 is 0 Å². The highest BCUT2D eigenvalue weighted by molar-refractivity contribution is 7.19. The molecule has 0 bridgehead atoms. The standard InChI is InChI=1S/C13H18Cl3NOS/c1-12(2)5-7(6-13(3,4)17-12)18-11-9(15)8(14)10(16)19-11/h7,17H,5-6H2,1-4H3. The van der Waals surface area contributed by atoms with Crippen LogP contribution >= 0.6 is 46.1 Å². The van der Waals surface area contributed by atoms with Crippen LogP contribution in [0.2, 0.25) is 14.4 Å². The molecule has 1 N–H and O–H groups in total. The van der Waals surface area contributed by atoms with Crippen LogP contribution in [0.3, 0.4) is 0 Å². The molecule has 0 aromatic carbocycles. The molecule has 2 rings (SSSR count). The Morgan fingerprint density at radius 3 is 2.00 bits per heavy atom. The normalized spacial score (nSPS) is 22.5. The van der Waals surface area contributed by atoms with E-state index in [1.165, 1.54) is 11.3 Å². The van der Waals surface area contributed by atoms with Crippen molar-refractivity contribution in [3.8, 4) is 5.06 Å². The SMILES string of the molecule is CC1(C)CC(Oc2sc(Cl)c(Cl)c2Cl)CC(C)(C)N1. The van der Waals surface area contributed by atoms with E-state index in [1.807, 2.05) is 0 Å². The Bertz CT molecular complexity index is 468. The number of hydrogen-bond acceptors (Lipinski definition) is 3. The van der Waals surface area contributed by atoms with Gasteiger partial charge in [-0.15, -0.1) is 0 Å². The largest absolute Gasteiger partial charge is 0.479 e. The molecule has 0 aliphatic carbocycles. The number of nitrogens with one attached hydrogen (secondary N) is 1. The minimum atomic E-state index is 0.0315. The Morgan fingerprint density at radius 1 is 1.05 bits per heavy atom. The first-order valence-corrected chi connectivity index (χ1v) is 8.14. The highest BCUT2D eigenvalue weighted by atomic mass is 35.5. The quantitative estimate of drug-likeness (QED) is 0.777. The van der Waals surface area contributed by atoms with Gasteiger partial charge in [-0.25, -0.2) is 0 Å².